The lowest BCUT2D eigenvalue weighted by atomic mass is 10.0. The molecule has 1 aliphatic heterocycles. The average Bonchev–Trinajstić information content (AvgIpc) is 2.92. The van der Waals surface area contributed by atoms with Crippen LogP contribution in [0.15, 0.2) is 101 Å². The molecule has 5 rings (SSSR count). The Kier molecular flexibility index (Phi) is 6.79. The van der Waals surface area contributed by atoms with Crippen LogP contribution in [0.4, 0.5) is 17.1 Å². The lowest BCUT2D eigenvalue weighted by Crippen LogP contribution is -2.40. The van der Waals surface area contributed by atoms with Gasteiger partial charge in [-0.1, -0.05) is 42.0 Å². The summed E-state index contributed by atoms with van der Waals surface area (Å²) in [5.74, 6) is -0.204. The monoisotopic (exact) mass is 563 g/mol. The van der Waals surface area contributed by atoms with Crippen molar-refractivity contribution in [1.29, 1.82) is 0 Å². The number of benzene rings is 4. The molecule has 2 N–H and O–H groups in total. The zero-order valence-electron chi connectivity index (χ0n) is 21.1. The minimum atomic E-state index is -3.98. The SMILES string of the molecule is COc1ccccc1NS(=O)(=O)c1ccc(NC(=O)CN2c3ccc(C)cc3-c3ccccc3S2(=O)=O)cc1. The number of rotatable bonds is 7. The molecule has 11 heteroatoms. The fourth-order valence-electron chi connectivity index (χ4n) is 4.40. The van der Waals surface area contributed by atoms with Gasteiger partial charge in [-0.15, -0.1) is 0 Å². The Balaban J connectivity index is 1.35. The molecule has 0 saturated carbocycles. The van der Waals surface area contributed by atoms with Crippen LogP contribution in [0.3, 0.4) is 0 Å². The van der Waals surface area contributed by atoms with Crippen LogP contribution in [0.2, 0.25) is 0 Å². The molecule has 0 radical (unpaired) electrons. The van der Waals surface area contributed by atoms with Crippen molar-refractivity contribution < 1.29 is 26.4 Å². The van der Waals surface area contributed by atoms with E-state index in [1.54, 1.807) is 54.6 Å². The largest absolute Gasteiger partial charge is 0.495 e. The summed E-state index contributed by atoms with van der Waals surface area (Å²) in [4.78, 5) is 13.1. The Morgan fingerprint density at radius 1 is 0.897 bits per heavy atom. The first-order chi connectivity index (χ1) is 18.6. The first kappa shape index (κ1) is 26.3. The molecule has 4 aromatic rings. The average molecular weight is 564 g/mol. The predicted octanol–water partition coefficient (Wildman–Crippen LogP) is 4.62. The van der Waals surface area contributed by atoms with Gasteiger partial charge in [0.1, 0.15) is 12.3 Å². The van der Waals surface area contributed by atoms with Crippen LogP contribution in [0.25, 0.3) is 11.1 Å². The van der Waals surface area contributed by atoms with Gasteiger partial charge >= 0.3 is 0 Å². The number of aryl methyl sites for hydroxylation is 1. The maximum absolute atomic E-state index is 13.5. The van der Waals surface area contributed by atoms with Gasteiger partial charge in [0.05, 0.1) is 28.3 Å². The van der Waals surface area contributed by atoms with E-state index in [0.29, 0.717) is 22.7 Å². The summed E-state index contributed by atoms with van der Waals surface area (Å²) in [5.41, 5.74) is 3.30. The van der Waals surface area contributed by atoms with Crippen LogP contribution in [-0.4, -0.2) is 36.4 Å². The number of para-hydroxylation sites is 2. The van der Waals surface area contributed by atoms with Crippen molar-refractivity contribution in [3.05, 3.63) is 96.6 Å². The van der Waals surface area contributed by atoms with Gasteiger partial charge < -0.3 is 10.1 Å². The number of nitrogens with zero attached hydrogens (tertiary/aromatic N) is 1. The molecule has 0 saturated heterocycles. The van der Waals surface area contributed by atoms with E-state index in [4.69, 9.17) is 4.74 Å². The van der Waals surface area contributed by atoms with Crippen molar-refractivity contribution in [2.24, 2.45) is 0 Å². The molecule has 39 heavy (non-hydrogen) atoms. The van der Waals surface area contributed by atoms with E-state index in [0.717, 1.165) is 15.4 Å². The number of carbonyl (C=O) groups is 1. The second-order valence-electron chi connectivity index (χ2n) is 8.91. The highest BCUT2D eigenvalue weighted by molar-refractivity contribution is 7.93. The number of hydrogen-bond donors (Lipinski definition) is 2. The summed E-state index contributed by atoms with van der Waals surface area (Å²) < 4.78 is 61.4. The molecule has 0 aliphatic carbocycles. The first-order valence-electron chi connectivity index (χ1n) is 11.9. The zero-order chi connectivity index (χ0) is 27.8. The first-order valence-corrected chi connectivity index (χ1v) is 14.8. The van der Waals surface area contributed by atoms with E-state index in [9.17, 15) is 21.6 Å². The van der Waals surface area contributed by atoms with E-state index >= 15 is 0 Å². The summed E-state index contributed by atoms with van der Waals surface area (Å²) >= 11 is 0. The van der Waals surface area contributed by atoms with Crippen molar-refractivity contribution in [2.75, 3.05) is 28.0 Å². The number of sulfonamides is 2. The second kappa shape index (κ2) is 10.1. The third kappa shape index (κ3) is 5.06. The minimum Gasteiger partial charge on any atom is -0.495 e. The predicted molar refractivity (Wildman–Crippen MR) is 150 cm³/mol. The molecule has 1 aliphatic rings. The van der Waals surface area contributed by atoms with Crippen LogP contribution in [0.1, 0.15) is 5.56 Å². The molecule has 1 heterocycles. The molecule has 0 atom stereocenters. The summed E-state index contributed by atoms with van der Waals surface area (Å²) in [6.45, 7) is 1.46. The van der Waals surface area contributed by atoms with Gasteiger partial charge in [0.15, 0.2) is 0 Å². The summed E-state index contributed by atoms with van der Waals surface area (Å²) in [5, 5.41) is 2.66. The Hall–Kier alpha value is -4.35. The molecule has 200 valence electrons. The molecular weight excluding hydrogens is 538 g/mol. The fourth-order valence-corrected chi connectivity index (χ4v) is 7.12. The normalized spacial score (nSPS) is 13.6. The summed E-state index contributed by atoms with van der Waals surface area (Å²) in [6.07, 6.45) is 0. The van der Waals surface area contributed by atoms with Gasteiger partial charge in [-0.2, -0.15) is 0 Å². The maximum atomic E-state index is 13.5. The Labute approximate surface area is 227 Å². The Morgan fingerprint density at radius 3 is 2.33 bits per heavy atom. The molecule has 9 nitrogen and oxygen atoms in total. The molecule has 0 fully saturated rings. The molecular formula is C28H25N3O6S2. The van der Waals surface area contributed by atoms with Gasteiger partial charge in [-0.05, 0) is 61.5 Å². The summed E-state index contributed by atoms with van der Waals surface area (Å²) in [6, 6.07) is 24.3. The smallest absolute Gasteiger partial charge is 0.265 e. The van der Waals surface area contributed by atoms with Crippen LogP contribution in [0.5, 0.6) is 5.75 Å². The topological polar surface area (TPSA) is 122 Å². The number of anilines is 3. The number of amides is 1. The molecule has 0 bridgehead atoms. The van der Waals surface area contributed by atoms with Gasteiger partial charge in [0, 0.05) is 16.8 Å². The molecule has 1 amide bonds. The molecule has 0 spiro atoms. The third-order valence-electron chi connectivity index (χ3n) is 6.25. The van der Waals surface area contributed by atoms with E-state index in [1.165, 1.54) is 37.4 Å². The van der Waals surface area contributed by atoms with Crippen molar-refractivity contribution >= 4 is 43.0 Å². The van der Waals surface area contributed by atoms with E-state index in [-0.39, 0.29) is 15.5 Å². The quantitative estimate of drug-likeness (QED) is 0.339. The standard InChI is InChI=1S/C28H25N3O6S2/c1-19-11-16-25-23(17-19)22-7-3-6-10-27(22)39(35,36)31(25)18-28(32)29-20-12-14-21(15-13-20)38(33,34)30-24-8-4-5-9-26(24)37-2/h3-17,30H,18H2,1-2H3,(H,29,32). The van der Waals surface area contributed by atoms with Crippen molar-refractivity contribution in [1.82, 2.24) is 0 Å². The lowest BCUT2D eigenvalue weighted by molar-refractivity contribution is -0.114. The van der Waals surface area contributed by atoms with E-state index < -0.39 is 32.5 Å². The van der Waals surface area contributed by atoms with Gasteiger partial charge in [-0.3, -0.25) is 13.8 Å². The van der Waals surface area contributed by atoms with Gasteiger partial charge in [0.25, 0.3) is 20.0 Å². The number of carbonyl (C=O) groups excluding carboxylic acids is 1. The Bertz CT molecular complexity index is 1790. The van der Waals surface area contributed by atoms with Gasteiger partial charge in [-0.25, -0.2) is 16.8 Å². The van der Waals surface area contributed by atoms with E-state index in [2.05, 4.69) is 10.0 Å². The highest BCUT2D eigenvalue weighted by Crippen LogP contribution is 2.43. The lowest BCUT2D eigenvalue weighted by Gasteiger charge is -2.31. The molecule has 0 unspecified atom stereocenters. The van der Waals surface area contributed by atoms with Crippen molar-refractivity contribution in [3.63, 3.8) is 0 Å². The van der Waals surface area contributed by atoms with Crippen LogP contribution in [-0.2, 0) is 24.8 Å². The van der Waals surface area contributed by atoms with Crippen LogP contribution >= 0.6 is 0 Å². The third-order valence-corrected chi connectivity index (χ3v) is 9.45. The van der Waals surface area contributed by atoms with Crippen molar-refractivity contribution in [2.45, 2.75) is 16.7 Å². The zero-order valence-corrected chi connectivity index (χ0v) is 22.7. The maximum Gasteiger partial charge on any atom is 0.265 e. The Morgan fingerprint density at radius 2 is 1.59 bits per heavy atom. The molecule has 0 aromatic heterocycles. The highest BCUT2D eigenvalue weighted by atomic mass is 32.2. The fraction of sp³-hybridized carbons (Fsp3) is 0.107. The minimum absolute atomic E-state index is 0.0223. The number of methoxy groups -OCH3 is 1. The molecule has 4 aromatic carbocycles. The number of ether oxygens (including phenoxy) is 1. The highest BCUT2D eigenvalue weighted by Gasteiger charge is 2.35. The van der Waals surface area contributed by atoms with Crippen molar-refractivity contribution in [3.8, 4) is 16.9 Å². The van der Waals surface area contributed by atoms with Gasteiger partial charge in [0.2, 0.25) is 5.91 Å². The van der Waals surface area contributed by atoms with Crippen LogP contribution in [0, 0.1) is 6.92 Å². The summed E-state index contributed by atoms with van der Waals surface area (Å²) in [7, 11) is -6.47. The number of fused-ring (bicyclic) bond motifs is 3. The van der Waals surface area contributed by atoms with E-state index in [1.807, 2.05) is 13.0 Å². The second-order valence-corrected chi connectivity index (χ2v) is 12.4. The number of hydrogen-bond acceptors (Lipinski definition) is 6. The van der Waals surface area contributed by atoms with Crippen LogP contribution < -0.4 is 19.1 Å². The number of nitrogens with one attached hydrogen (secondary N) is 2.